The van der Waals surface area contributed by atoms with E-state index < -0.39 is 17.6 Å². The quantitative estimate of drug-likeness (QED) is 0.611. The Morgan fingerprint density at radius 3 is 1.15 bits per heavy atom. The summed E-state index contributed by atoms with van der Waals surface area (Å²) < 4.78 is 6.66. The maximum Gasteiger partial charge on any atom is 0.174 e. The van der Waals surface area contributed by atoms with E-state index in [1.54, 1.807) is 0 Å². The van der Waals surface area contributed by atoms with E-state index in [-0.39, 0.29) is 10.1 Å². The lowest BCUT2D eigenvalue weighted by Crippen LogP contribution is -2.51. The van der Waals surface area contributed by atoms with Crippen LogP contribution in [-0.4, -0.2) is 17.6 Å². The van der Waals surface area contributed by atoms with Gasteiger partial charge in [0.15, 0.2) is 17.6 Å². The van der Waals surface area contributed by atoms with Gasteiger partial charge in [0.25, 0.3) is 0 Å². The fourth-order valence-corrected chi connectivity index (χ4v) is 9.56. The molecule has 0 saturated carbocycles. The SMILES string of the molecule is CC(C)(C)[Si](c1ccccc1)c1ccc([Si](c2ccccc2)C(C)(C)C)o1. The van der Waals surface area contributed by atoms with Crippen LogP contribution in [0.4, 0.5) is 0 Å². The minimum atomic E-state index is -1.00. The Kier molecular flexibility index (Phi) is 5.64. The third-order valence-electron chi connectivity index (χ3n) is 4.72. The first-order chi connectivity index (χ1) is 12.7. The van der Waals surface area contributed by atoms with E-state index >= 15 is 0 Å². The molecule has 0 saturated heterocycles. The van der Waals surface area contributed by atoms with Crippen LogP contribution in [0.3, 0.4) is 0 Å². The topological polar surface area (TPSA) is 13.1 Å². The second kappa shape index (κ2) is 7.65. The van der Waals surface area contributed by atoms with Crippen LogP contribution in [0.5, 0.6) is 0 Å². The molecule has 0 aliphatic rings. The van der Waals surface area contributed by atoms with Crippen molar-refractivity contribution in [1.29, 1.82) is 0 Å². The summed E-state index contributed by atoms with van der Waals surface area (Å²) in [4.78, 5) is 0. The van der Waals surface area contributed by atoms with Crippen molar-refractivity contribution in [2.75, 3.05) is 0 Å². The monoisotopic (exact) mass is 390 g/mol. The second-order valence-corrected chi connectivity index (χ2v) is 15.8. The third-order valence-corrected chi connectivity index (χ3v) is 11.1. The summed E-state index contributed by atoms with van der Waals surface area (Å²) >= 11 is 0. The zero-order chi connectivity index (χ0) is 19.7. The Morgan fingerprint density at radius 1 is 0.519 bits per heavy atom. The zero-order valence-electron chi connectivity index (χ0n) is 17.3. The summed E-state index contributed by atoms with van der Waals surface area (Å²) in [6.07, 6.45) is 0. The van der Waals surface area contributed by atoms with E-state index in [2.05, 4.69) is 114 Å². The van der Waals surface area contributed by atoms with Gasteiger partial charge in [-0.3, -0.25) is 0 Å². The van der Waals surface area contributed by atoms with E-state index in [0.717, 1.165) is 0 Å². The van der Waals surface area contributed by atoms with Crippen molar-refractivity contribution in [3.63, 3.8) is 0 Å². The summed E-state index contributed by atoms with van der Waals surface area (Å²) in [6, 6.07) is 26.3. The van der Waals surface area contributed by atoms with Gasteiger partial charge < -0.3 is 4.42 Å². The fourth-order valence-electron chi connectivity index (χ4n) is 3.71. The van der Waals surface area contributed by atoms with Crippen molar-refractivity contribution in [3.05, 3.63) is 72.8 Å². The molecule has 0 fully saturated rings. The highest BCUT2D eigenvalue weighted by Gasteiger charge is 2.37. The molecule has 2 radical (unpaired) electrons. The Balaban J connectivity index is 2.05. The maximum atomic E-state index is 6.66. The Hall–Kier alpha value is -1.85. The molecule has 3 aromatic rings. The minimum Gasteiger partial charge on any atom is -0.476 e. The molecule has 3 rings (SSSR count). The molecule has 1 heterocycles. The molecule has 2 aromatic carbocycles. The van der Waals surface area contributed by atoms with Crippen molar-refractivity contribution >= 4 is 38.7 Å². The molecule has 0 aliphatic carbocycles. The summed E-state index contributed by atoms with van der Waals surface area (Å²) in [5, 5.41) is 5.55. The average molecular weight is 391 g/mol. The molecule has 0 bridgehead atoms. The van der Waals surface area contributed by atoms with Crippen molar-refractivity contribution < 1.29 is 4.42 Å². The molecule has 0 atom stereocenters. The lowest BCUT2D eigenvalue weighted by molar-refractivity contribution is 0.617. The van der Waals surface area contributed by atoms with E-state index in [9.17, 15) is 0 Å². The number of benzene rings is 2. The van der Waals surface area contributed by atoms with Gasteiger partial charge in [0.1, 0.15) is 0 Å². The molecule has 0 N–H and O–H groups in total. The molecule has 0 spiro atoms. The number of furan rings is 1. The van der Waals surface area contributed by atoms with Crippen molar-refractivity contribution in [2.45, 2.75) is 51.6 Å². The molecule has 140 valence electrons. The van der Waals surface area contributed by atoms with Gasteiger partial charge in [-0.25, -0.2) is 0 Å². The summed E-state index contributed by atoms with van der Waals surface area (Å²) in [5.41, 5.74) is 0. The molecular weight excluding hydrogens is 360 g/mol. The van der Waals surface area contributed by atoms with Gasteiger partial charge in [0.2, 0.25) is 0 Å². The molecule has 0 unspecified atom stereocenters. The highest BCUT2D eigenvalue weighted by Crippen LogP contribution is 2.28. The minimum absolute atomic E-state index is 0.183. The molecular formula is C24H30OSi2. The van der Waals surface area contributed by atoms with Crippen molar-refractivity contribution in [3.8, 4) is 0 Å². The van der Waals surface area contributed by atoms with Gasteiger partial charge in [-0.1, -0.05) is 113 Å². The summed E-state index contributed by atoms with van der Waals surface area (Å²) in [7, 11) is -2.01. The predicted molar refractivity (Wildman–Crippen MR) is 121 cm³/mol. The van der Waals surface area contributed by atoms with Gasteiger partial charge >= 0.3 is 0 Å². The zero-order valence-corrected chi connectivity index (χ0v) is 19.3. The van der Waals surface area contributed by atoms with Crippen LogP contribution in [-0.2, 0) is 0 Å². The van der Waals surface area contributed by atoms with Crippen LogP contribution < -0.4 is 21.1 Å². The van der Waals surface area contributed by atoms with Gasteiger partial charge in [-0.2, -0.15) is 0 Å². The number of hydrogen-bond donors (Lipinski definition) is 0. The molecule has 1 aromatic heterocycles. The number of rotatable bonds is 4. The van der Waals surface area contributed by atoms with Crippen LogP contribution in [0, 0.1) is 0 Å². The van der Waals surface area contributed by atoms with Crippen molar-refractivity contribution in [1.82, 2.24) is 0 Å². The first kappa shape index (κ1) is 19.9. The summed E-state index contributed by atoms with van der Waals surface area (Å²) in [5.74, 6) is 0. The molecule has 0 aliphatic heterocycles. The molecule has 1 nitrogen and oxygen atoms in total. The molecule has 27 heavy (non-hydrogen) atoms. The maximum absolute atomic E-state index is 6.66. The van der Waals surface area contributed by atoms with E-state index in [0.29, 0.717) is 0 Å². The fraction of sp³-hybridized carbons (Fsp3) is 0.333. The largest absolute Gasteiger partial charge is 0.476 e. The Labute approximate surface area is 167 Å². The number of hydrogen-bond acceptors (Lipinski definition) is 1. The summed E-state index contributed by atoms with van der Waals surface area (Å²) in [6.45, 7) is 14.0. The van der Waals surface area contributed by atoms with Gasteiger partial charge in [0.05, 0.1) is 10.8 Å². The predicted octanol–water partition coefficient (Wildman–Crippen LogP) is 4.10. The van der Waals surface area contributed by atoms with E-state index in [1.807, 2.05) is 0 Å². The molecule has 0 amide bonds. The van der Waals surface area contributed by atoms with Crippen LogP contribution in [0.1, 0.15) is 41.5 Å². The van der Waals surface area contributed by atoms with Crippen LogP contribution in [0.2, 0.25) is 10.1 Å². The van der Waals surface area contributed by atoms with E-state index in [1.165, 1.54) is 21.1 Å². The second-order valence-electron chi connectivity index (χ2n) is 9.15. The lowest BCUT2D eigenvalue weighted by atomic mass is 10.2. The standard InChI is InChI=1S/C24H30OSi2/c1-23(2,3)26(19-13-9-7-10-14-19)21-17-18-22(25-21)27(24(4,5)6)20-15-11-8-12-16-20/h7-18H,1-6H3. The average Bonchev–Trinajstić information content (AvgIpc) is 3.03. The third kappa shape index (κ3) is 4.53. The first-order valence-corrected chi connectivity index (χ1v) is 12.6. The molecule has 3 heteroatoms. The Bertz CT molecular complexity index is 783. The van der Waals surface area contributed by atoms with Gasteiger partial charge in [0, 0.05) is 0 Å². The van der Waals surface area contributed by atoms with Crippen LogP contribution >= 0.6 is 0 Å². The normalized spacial score (nSPS) is 12.7. The van der Waals surface area contributed by atoms with Crippen LogP contribution in [0.15, 0.2) is 77.2 Å². The van der Waals surface area contributed by atoms with Gasteiger partial charge in [-0.15, -0.1) is 0 Å². The Morgan fingerprint density at radius 2 is 0.852 bits per heavy atom. The van der Waals surface area contributed by atoms with E-state index in [4.69, 9.17) is 4.42 Å². The first-order valence-electron chi connectivity index (χ1n) is 9.64. The van der Waals surface area contributed by atoms with Crippen molar-refractivity contribution in [2.24, 2.45) is 0 Å². The van der Waals surface area contributed by atoms with Gasteiger partial charge in [-0.05, 0) is 22.2 Å². The highest BCUT2D eigenvalue weighted by molar-refractivity contribution is 6.88. The highest BCUT2D eigenvalue weighted by atomic mass is 28.3. The lowest BCUT2D eigenvalue weighted by Gasteiger charge is -2.29. The smallest absolute Gasteiger partial charge is 0.174 e. The van der Waals surface area contributed by atoms with Crippen LogP contribution in [0.25, 0.3) is 0 Å².